The second kappa shape index (κ2) is 10.1. The Morgan fingerprint density at radius 1 is 0.943 bits per heavy atom. The zero-order chi connectivity index (χ0) is 25.0. The van der Waals surface area contributed by atoms with Crippen molar-refractivity contribution in [1.29, 1.82) is 0 Å². The van der Waals surface area contributed by atoms with Crippen LogP contribution in [-0.2, 0) is 12.7 Å². The molecule has 3 aromatic rings. The van der Waals surface area contributed by atoms with Crippen LogP contribution in [0, 0.1) is 5.82 Å². The van der Waals surface area contributed by atoms with Crippen LogP contribution in [0.1, 0.15) is 11.3 Å². The number of nitrogen functional groups attached to an aromatic ring is 1. The first-order valence-corrected chi connectivity index (χ1v) is 10.8. The normalized spacial score (nSPS) is 14.6. The lowest BCUT2D eigenvalue weighted by molar-refractivity contribution is -0.141. The predicted octanol–water partition coefficient (Wildman–Crippen LogP) is 4.18. The number of nitrogens with zero attached hydrogens (tertiary/aromatic N) is 4. The molecule has 1 aliphatic rings. The van der Waals surface area contributed by atoms with E-state index in [0.29, 0.717) is 44.1 Å². The van der Waals surface area contributed by atoms with Crippen molar-refractivity contribution in [3.05, 3.63) is 71.7 Å². The molecule has 8 nitrogen and oxygen atoms in total. The second-order valence-corrected chi connectivity index (χ2v) is 8.02. The molecule has 0 aliphatic carbocycles. The van der Waals surface area contributed by atoms with E-state index < -0.39 is 29.7 Å². The number of aromatic nitrogens is 2. The maximum atomic E-state index is 13.2. The Labute approximate surface area is 198 Å². The van der Waals surface area contributed by atoms with Crippen LogP contribution in [0.15, 0.2) is 54.6 Å². The number of hydrogen-bond donors (Lipinski definition) is 3. The number of anilines is 4. The molecule has 184 valence electrons. The third-order valence-electron chi connectivity index (χ3n) is 5.42. The van der Waals surface area contributed by atoms with Gasteiger partial charge in [-0.2, -0.15) is 18.2 Å². The molecule has 4 N–H and O–H groups in total. The van der Waals surface area contributed by atoms with Crippen LogP contribution in [0.2, 0.25) is 0 Å². The van der Waals surface area contributed by atoms with Gasteiger partial charge in [0.15, 0.2) is 5.69 Å². The number of amides is 2. The summed E-state index contributed by atoms with van der Waals surface area (Å²) in [5, 5.41) is 5.25. The number of carbonyl (C=O) groups is 1. The third kappa shape index (κ3) is 6.57. The Bertz CT molecular complexity index is 1180. The lowest BCUT2D eigenvalue weighted by Crippen LogP contribution is -2.46. The average molecular weight is 489 g/mol. The van der Waals surface area contributed by atoms with Gasteiger partial charge in [-0.05, 0) is 35.9 Å². The van der Waals surface area contributed by atoms with E-state index in [9.17, 15) is 22.4 Å². The molecule has 0 radical (unpaired) electrons. The van der Waals surface area contributed by atoms with Gasteiger partial charge in [-0.3, -0.25) is 4.90 Å². The number of benzene rings is 2. The molecular weight excluding hydrogens is 466 g/mol. The van der Waals surface area contributed by atoms with E-state index in [1.807, 2.05) is 12.1 Å². The minimum Gasteiger partial charge on any atom is -0.368 e. The third-order valence-corrected chi connectivity index (χ3v) is 5.42. The Morgan fingerprint density at radius 3 is 2.29 bits per heavy atom. The summed E-state index contributed by atoms with van der Waals surface area (Å²) in [5.74, 6) is -0.688. The molecule has 2 heterocycles. The minimum atomic E-state index is -4.59. The number of halogens is 4. The zero-order valence-electron chi connectivity index (χ0n) is 18.5. The zero-order valence-corrected chi connectivity index (χ0v) is 18.5. The molecule has 0 spiro atoms. The summed E-state index contributed by atoms with van der Waals surface area (Å²) in [7, 11) is 0. The van der Waals surface area contributed by atoms with Gasteiger partial charge in [0.1, 0.15) is 11.6 Å². The maximum Gasteiger partial charge on any atom is 0.433 e. The Morgan fingerprint density at radius 2 is 1.63 bits per heavy atom. The number of nitrogens with two attached hydrogens (primary N) is 1. The van der Waals surface area contributed by atoms with Crippen LogP contribution >= 0.6 is 0 Å². The molecule has 1 fully saturated rings. The van der Waals surface area contributed by atoms with Gasteiger partial charge in [-0.15, -0.1) is 0 Å². The number of rotatable bonds is 5. The number of urea groups is 1. The largest absolute Gasteiger partial charge is 0.433 e. The lowest BCUT2D eigenvalue weighted by atomic mass is 10.1. The van der Waals surface area contributed by atoms with E-state index in [4.69, 9.17) is 5.73 Å². The lowest BCUT2D eigenvalue weighted by Gasteiger charge is -2.35. The van der Waals surface area contributed by atoms with Crippen molar-refractivity contribution in [2.75, 3.05) is 47.4 Å². The summed E-state index contributed by atoms with van der Waals surface area (Å²) >= 11 is 0. The van der Waals surface area contributed by atoms with E-state index in [1.165, 1.54) is 18.2 Å². The van der Waals surface area contributed by atoms with Crippen molar-refractivity contribution in [2.24, 2.45) is 0 Å². The molecular formula is C23H23F4N7O. The Hall–Kier alpha value is -3.93. The van der Waals surface area contributed by atoms with Gasteiger partial charge in [0.25, 0.3) is 0 Å². The fraction of sp³-hybridized carbons (Fsp3) is 0.261. The fourth-order valence-electron chi connectivity index (χ4n) is 3.71. The minimum absolute atomic E-state index is 0.163. The number of carbonyl (C=O) groups excluding carboxylic acids is 1. The predicted molar refractivity (Wildman–Crippen MR) is 124 cm³/mol. The standard InChI is InChI=1S/C23H23F4N7O/c24-16-2-1-3-18(12-16)30-22(35)29-17-6-4-15(5-7-17)14-33-8-10-34(11-9-33)20-13-19(23(25,26)27)31-21(28)32-20/h1-7,12-13H,8-11,14H2,(H2,28,31,32)(H2,29,30,35). The highest BCUT2D eigenvalue weighted by Gasteiger charge is 2.34. The SMILES string of the molecule is Nc1nc(N2CCN(Cc3ccc(NC(=O)Nc4cccc(F)c4)cc3)CC2)cc(C(F)(F)F)n1. The molecule has 12 heteroatoms. The molecule has 0 saturated carbocycles. The van der Waals surface area contributed by atoms with Crippen molar-refractivity contribution >= 4 is 29.2 Å². The van der Waals surface area contributed by atoms with Gasteiger partial charge in [0.05, 0.1) is 0 Å². The molecule has 1 saturated heterocycles. The average Bonchev–Trinajstić information content (AvgIpc) is 2.80. The van der Waals surface area contributed by atoms with E-state index in [2.05, 4.69) is 25.5 Å². The van der Waals surface area contributed by atoms with Crippen molar-refractivity contribution in [3.8, 4) is 0 Å². The Kier molecular flexibility index (Phi) is 7.01. The molecule has 2 amide bonds. The molecule has 0 bridgehead atoms. The summed E-state index contributed by atoms with van der Waals surface area (Å²) < 4.78 is 52.3. The van der Waals surface area contributed by atoms with Crippen molar-refractivity contribution in [3.63, 3.8) is 0 Å². The highest BCUT2D eigenvalue weighted by Crippen LogP contribution is 2.30. The van der Waals surface area contributed by atoms with Gasteiger partial charge >= 0.3 is 12.2 Å². The smallest absolute Gasteiger partial charge is 0.368 e. The summed E-state index contributed by atoms with van der Waals surface area (Å²) in [6.45, 7) is 2.88. The first kappa shape index (κ1) is 24.2. The quantitative estimate of drug-likeness (QED) is 0.465. The molecule has 0 atom stereocenters. The molecule has 1 aromatic heterocycles. The van der Waals surface area contributed by atoms with Crippen molar-refractivity contribution in [2.45, 2.75) is 12.7 Å². The molecule has 4 rings (SSSR count). The van der Waals surface area contributed by atoms with Gasteiger partial charge in [0.2, 0.25) is 5.95 Å². The van der Waals surface area contributed by atoms with E-state index >= 15 is 0 Å². The van der Waals surface area contributed by atoms with Crippen LogP contribution in [0.4, 0.5) is 45.5 Å². The van der Waals surface area contributed by atoms with E-state index in [0.717, 1.165) is 11.6 Å². The highest BCUT2D eigenvalue weighted by atomic mass is 19.4. The van der Waals surface area contributed by atoms with Crippen LogP contribution in [0.5, 0.6) is 0 Å². The van der Waals surface area contributed by atoms with Crippen molar-refractivity contribution in [1.82, 2.24) is 14.9 Å². The Balaban J connectivity index is 1.28. The van der Waals surface area contributed by atoms with Crippen LogP contribution < -0.4 is 21.3 Å². The van der Waals surface area contributed by atoms with Gasteiger partial charge in [0, 0.05) is 50.2 Å². The molecule has 2 aromatic carbocycles. The molecule has 0 unspecified atom stereocenters. The molecule has 1 aliphatic heterocycles. The first-order chi connectivity index (χ1) is 16.7. The van der Waals surface area contributed by atoms with Gasteiger partial charge in [-0.25, -0.2) is 14.2 Å². The van der Waals surface area contributed by atoms with Crippen LogP contribution in [-0.4, -0.2) is 47.1 Å². The van der Waals surface area contributed by atoms with E-state index in [-0.39, 0.29) is 5.82 Å². The van der Waals surface area contributed by atoms with Crippen molar-refractivity contribution < 1.29 is 22.4 Å². The first-order valence-electron chi connectivity index (χ1n) is 10.8. The number of piperazine rings is 1. The fourth-order valence-corrected chi connectivity index (χ4v) is 3.71. The highest BCUT2D eigenvalue weighted by molar-refractivity contribution is 5.99. The number of alkyl halides is 3. The topological polar surface area (TPSA) is 99.4 Å². The molecule has 35 heavy (non-hydrogen) atoms. The monoisotopic (exact) mass is 489 g/mol. The van der Waals surface area contributed by atoms with Crippen LogP contribution in [0.3, 0.4) is 0 Å². The summed E-state index contributed by atoms with van der Waals surface area (Å²) in [4.78, 5) is 23.3. The summed E-state index contributed by atoms with van der Waals surface area (Å²) in [6.07, 6.45) is -4.59. The van der Waals surface area contributed by atoms with Gasteiger partial charge < -0.3 is 21.3 Å². The number of nitrogens with one attached hydrogen (secondary N) is 2. The number of hydrogen-bond acceptors (Lipinski definition) is 6. The summed E-state index contributed by atoms with van der Waals surface area (Å²) in [5.41, 5.74) is 6.36. The van der Waals surface area contributed by atoms with Crippen LogP contribution in [0.25, 0.3) is 0 Å². The summed E-state index contributed by atoms with van der Waals surface area (Å²) in [6, 6.07) is 13.3. The van der Waals surface area contributed by atoms with E-state index in [1.54, 1.807) is 23.1 Å². The second-order valence-electron chi connectivity index (χ2n) is 8.02. The maximum absolute atomic E-state index is 13.2. The van der Waals surface area contributed by atoms with Gasteiger partial charge in [-0.1, -0.05) is 18.2 Å².